The molecule has 0 unspecified atom stereocenters. The quantitative estimate of drug-likeness (QED) is 0.621. The van der Waals surface area contributed by atoms with Gasteiger partial charge < -0.3 is 4.18 Å². The summed E-state index contributed by atoms with van der Waals surface area (Å²) in [7, 11) is -3.94. The van der Waals surface area contributed by atoms with Crippen LogP contribution >= 0.6 is 15.9 Å². The van der Waals surface area contributed by atoms with E-state index in [9.17, 15) is 8.42 Å². The Morgan fingerprint density at radius 2 is 1.78 bits per heavy atom. The van der Waals surface area contributed by atoms with Crippen molar-refractivity contribution in [2.45, 2.75) is 18.7 Å². The highest BCUT2D eigenvalue weighted by Crippen LogP contribution is 2.29. The van der Waals surface area contributed by atoms with Crippen LogP contribution in [0.25, 0.3) is 10.9 Å². The minimum atomic E-state index is -3.94. The third-order valence-electron chi connectivity index (χ3n) is 3.52. The molecule has 0 aliphatic rings. The zero-order valence-corrected chi connectivity index (χ0v) is 15.0. The van der Waals surface area contributed by atoms with Gasteiger partial charge in [0.25, 0.3) is 0 Å². The van der Waals surface area contributed by atoms with Gasteiger partial charge in [-0.15, -0.1) is 0 Å². The Morgan fingerprint density at radius 3 is 2.57 bits per heavy atom. The van der Waals surface area contributed by atoms with Crippen LogP contribution < -0.4 is 4.18 Å². The van der Waals surface area contributed by atoms with Crippen LogP contribution in [0.3, 0.4) is 0 Å². The van der Waals surface area contributed by atoms with E-state index in [1.807, 2.05) is 19.1 Å². The first-order valence-corrected chi connectivity index (χ1v) is 9.13. The second-order valence-electron chi connectivity index (χ2n) is 5.24. The second kappa shape index (κ2) is 5.94. The predicted molar refractivity (Wildman–Crippen MR) is 93.2 cm³/mol. The molecule has 3 rings (SSSR count). The minimum absolute atomic E-state index is 0.158. The maximum Gasteiger partial charge on any atom is 0.339 e. The molecular weight excluding hydrogens is 378 g/mol. The molecule has 0 amide bonds. The molecule has 0 bridgehead atoms. The Bertz CT molecular complexity index is 995. The van der Waals surface area contributed by atoms with E-state index in [0.717, 1.165) is 15.4 Å². The van der Waals surface area contributed by atoms with Crippen molar-refractivity contribution in [2.24, 2.45) is 0 Å². The first-order chi connectivity index (χ1) is 10.9. The molecule has 1 aromatic heterocycles. The topological polar surface area (TPSA) is 56.3 Å². The van der Waals surface area contributed by atoms with Crippen molar-refractivity contribution in [1.82, 2.24) is 4.98 Å². The average Bonchev–Trinajstić information content (AvgIpc) is 2.51. The number of para-hydroxylation sites is 1. The van der Waals surface area contributed by atoms with Crippen molar-refractivity contribution in [3.05, 3.63) is 64.3 Å². The summed E-state index contributed by atoms with van der Waals surface area (Å²) in [5.74, 6) is 0.225. The van der Waals surface area contributed by atoms with E-state index in [2.05, 4.69) is 20.9 Å². The fourth-order valence-corrected chi connectivity index (χ4v) is 4.02. The van der Waals surface area contributed by atoms with Gasteiger partial charge in [0.2, 0.25) is 0 Å². The van der Waals surface area contributed by atoms with Gasteiger partial charge in [-0.1, -0.05) is 34.1 Å². The highest BCUT2D eigenvalue weighted by molar-refractivity contribution is 9.10. The molecule has 0 spiro atoms. The third-order valence-corrected chi connectivity index (χ3v) is 5.75. The van der Waals surface area contributed by atoms with E-state index < -0.39 is 10.1 Å². The molecule has 23 heavy (non-hydrogen) atoms. The smallest absolute Gasteiger partial charge is 0.339 e. The monoisotopic (exact) mass is 391 g/mol. The van der Waals surface area contributed by atoms with Gasteiger partial charge in [-0.2, -0.15) is 8.42 Å². The molecule has 3 aromatic rings. The summed E-state index contributed by atoms with van der Waals surface area (Å²) < 4.78 is 31.6. The number of aromatic nitrogens is 1. The molecule has 0 saturated heterocycles. The maximum atomic E-state index is 12.7. The number of hydrogen-bond donors (Lipinski definition) is 0. The molecular formula is C17H14BrNO3S. The van der Waals surface area contributed by atoms with Crippen LogP contribution in [0.2, 0.25) is 0 Å². The van der Waals surface area contributed by atoms with E-state index in [-0.39, 0.29) is 10.6 Å². The van der Waals surface area contributed by atoms with E-state index in [0.29, 0.717) is 11.1 Å². The van der Waals surface area contributed by atoms with Crippen molar-refractivity contribution in [3.63, 3.8) is 0 Å². The average molecular weight is 392 g/mol. The summed E-state index contributed by atoms with van der Waals surface area (Å²) in [6.45, 7) is 3.57. The number of halogens is 1. The summed E-state index contributed by atoms with van der Waals surface area (Å²) in [5, 5.41) is 0.823. The van der Waals surface area contributed by atoms with Crippen LogP contribution in [0.4, 0.5) is 0 Å². The molecule has 0 saturated carbocycles. The van der Waals surface area contributed by atoms with Crippen LogP contribution in [0.1, 0.15) is 11.1 Å². The highest BCUT2D eigenvalue weighted by Gasteiger charge is 2.21. The lowest BCUT2D eigenvalue weighted by molar-refractivity contribution is 0.487. The molecule has 6 heteroatoms. The van der Waals surface area contributed by atoms with Crippen LogP contribution in [0, 0.1) is 13.8 Å². The molecule has 1 heterocycles. The normalized spacial score (nSPS) is 11.6. The van der Waals surface area contributed by atoms with Crippen LogP contribution in [-0.4, -0.2) is 13.4 Å². The molecule has 0 fully saturated rings. The minimum Gasteiger partial charge on any atom is -0.377 e. The Morgan fingerprint density at radius 1 is 1.04 bits per heavy atom. The SMILES string of the molecule is Cc1cc(S(=O)(=O)Oc2cccc3cccnc23)c(C)cc1Br. The Balaban J connectivity index is 2.09. The lowest BCUT2D eigenvalue weighted by Crippen LogP contribution is -2.12. The van der Waals surface area contributed by atoms with Gasteiger partial charge in [0, 0.05) is 16.1 Å². The van der Waals surface area contributed by atoms with Gasteiger partial charge in [0.15, 0.2) is 5.75 Å². The Labute approximate surface area is 143 Å². The van der Waals surface area contributed by atoms with Gasteiger partial charge in [-0.05, 0) is 49.2 Å². The molecule has 2 aromatic carbocycles. The van der Waals surface area contributed by atoms with E-state index >= 15 is 0 Å². The number of nitrogens with zero attached hydrogens (tertiary/aromatic N) is 1. The van der Waals surface area contributed by atoms with E-state index in [1.54, 1.807) is 43.5 Å². The maximum absolute atomic E-state index is 12.7. The zero-order valence-electron chi connectivity index (χ0n) is 12.6. The number of benzene rings is 2. The first-order valence-electron chi connectivity index (χ1n) is 6.93. The summed E-state index contributed by atoms with van der Waals surface area (Å²) in [6.07, 6.45) is 1.61. The van der Waals surface area contributed by atoms with Gasteiger partial charge in [-0.3, -0.25) is 4.98 Å². The first kappa shape index (κ1) is 16.0. The standard InChI is InChI=1S/C17H14BrNO3S/c1-11-10-16(12(2)9-14(11)18)23(20,21)22-15-7-3-5-13-6-4-8-19-17(13)15/h3-10H,1-2H3. The summed E-state index contributed by atoms with van der Waals surface area (Å²) in [5.41, 5.74) is 1.97. The molecule has 0 aliphatic heterocycles. The summed E-state index contributed by atoms with van der Waals surface area (Å²) >= 11 is 3.40. The highest BCUT2D eigenvalue weighted by atomic mass is 79.9. The lowest BCUT2D eigenvalue weighted by Gasteiger charge is -2.12. The summed E-state index contributed by atoms with van der Waals surface area (Å²) in [4.78, 5) is 4.37. The second-order valence-corrected chi connectivity index (χ2v) is 7.60. The molecule has 118 valence electrons. The molecule has 0 N–H and O–H groups in total. The number of pyridine rings is 1. The zero-order chi connectivity index (χ0) is 16.6. The van der Waals surface area contributed by atoms with Gasteiger partial charge in [-0.25, -0.2) is 0 Å². The predicted octanol–water partition coefficient (Wildman–Crippen LogP) is 4.38. The van der Waals surface area contributed by atoms with Crippen molar-refractivity contribution in [2.75, 3.05) is 0 Å². The van der Waals surface area contributed by atoms with Crippen LogP contribution in [-0.2, 0) is 10.1 Å². The number of aryl methyl sites for hydroxylation is 2. The molecule has 0 atom stereocenters. The summed E-state index contributed by atoms with van der Waals surface area (Å²) in [6, 6.07) is 12.2. The third kappa shape index (κ3) is 3.09. The Hall–Kier alpha value is -1.92. The fourth-order valence-electron chi connectivity index (χ4n) is 2.33. The largest absolute Gasteiger partial charge is 0.377 e. The van der Waals surface area contributed by atoms with Crippen molar-refractivity contribution in [1.29, 1.82) is 0 Å². The van der Waals surface area contributed by atoms with Crippen LogP contribution in [0.5, 0.6) is 5.75 Å². The van der Waals surface area contributed by atoms with Gasteiger partial charge in [0.05, 0.1) is 0 Å². The van der Waals surface area contributed by atoms with Crippen molar-refractivity contribution < 1.29 is 12.6 Å². The van der Waals surface area contributed by atoms with Gasteiger partial charge in [0.1, 0.15) is 10.4 Å². The van der Waals surface area contributed by atoms with Gasteiger partial charge >= 0.3 is 10.1 Å². The number of fused-ring (bicyclic) bond motifs is 1. The molecule has 4 nitrogen and oxygen atoms in total. The van der Waals surface area contributed by atoms with Crippen LogP contribution in [0.15, 0.2) is 58.0 Å². The van der Waals surface area contributed by atoms with Crippen molar-refractivity contribution in [3.8, 4) is 5.75 Å². The number of hydrogen-bond acceptors (Lipinski definition) is 4. The lowest BCUT2D eigenvalue weighted by atomic mass is 10.2. The fraction of sp³-hybridized carbons (Fsp3) is 0.118. The van der Waals surface area contributed by atoms with Crippen molar-refractivity contribution >= 4 is 37.0 Å². The van der Waals surface area contributed by atoms with E-state index in [1.165, 1.54) is 0 Å². The molecule has 0 aliphatic carbocycles. The van der Waals surface area contributed by atoms with E-state index in [4.69, 9.17) is 4.18 Å². The number of rotatable bonds is 3. The molecule has 0 radical (unpaired) electrons. The Kier molecular flexibility index (Phi) is 4.12.